The number of esters is 1. The van der Waals surface area contributed by atoms with E-state index in [2.05, 4.69) is 24.1 Å². The van der Waals surface area contributed by atoms with Gasteiger partial charge in [0.05, 0.1) is 23.8 Å². The molecule has 2 aliphatic rings. The van der Waals surface area contributed by atoms with Gasteiger partial charge in [-0.1, -0.05) is 19.9 Å². The zero-order valence-corrected chi connectivity index (χ0v) is 16.3. The number of carbonyl (C=O) groups excluding carboxylic acids is 2. The fraction of sp³-hybridized carbons (Fsp3) is 0.476. The number of allylic oxidation sites excluding steroid dienone is 3. The van der Waals surface area contributed by atoms with Gasteiger partial charge in [0.15, 0.2) is 5.78 Å². The zero-order chi connectivity index (χ0) is 19.6. The van der Waals surface area contributed by atoms with E-state index in [-0.39, 0.29) is 17.8 Å². The highest BCUT2D eigenvalue weighted by Gasteiger charge is 2.43. The number of methoxy groups -OCH3 is 1. The normalized spacial score (nSPS) is 21.6. The maximum Gasteiger partial charge on any atom is 0.336 e. The van der Waals surface area contributed by atoms with Crippen molar-refractivity contribution in [3.05, 3.63) is 52.6 Å². The summed E-state index contributed by atoms with van der Waals surface area (Å²) < 4.78 is 10.3. The van der Waals surface area contributed by atoms with Crippen LogP contribution in [0.1, 0.15) is 45.2 Å². The van der Waals surface area contributed by atoms with Crippen LogP contribution in [0.2, 0.25) is 0 Å². The Hall–Kier alpha value is -2.47. The second kappa shape index (κ2) is 7.64. The molecule has 0 spiro atoms. The van der Waals surface area contributed by atoms with Gasteiger partial charge in [0.1, 0.15) is 6.61 Å². The number of carbonyl (C=O) groups is 2. The lowest BCUT2D eigenvalue weighted by atomic mass is 9.69. The van der Waals surface area contributed by atoms with Gasteiger partial charge >= 0.3 is 5.97 Å². The second-order valence-corrected chi connectivity index (χ2v) is 7.81. The van der Waals surface area contributed by atoms with E-state index in [1.165, 1.54) is 0 Å². The van der Waals surface area contributed by atoms with Crippen molar-refractivity contribution in [2.45, 2.75) is 39.5 Å². The van der Waals surface area contributed by atoms with E-state index >= 15 is 0 Å². The standard InChI is InChI=1S/C21H26N2O4/c1-13-17(20(25)27-10-9-26-4)19(14-7-5-6-8-22-14)18-15(23-13)11-21(2,3)12-16(18)24/h5-8,19,23H,9-12H2,1-4H3/t19-/m0/s1. The number of nitrogens with zero attached hydrogens (tertiary/aromatic N) is 1. The molecule has 0 bridgehead atoms. The molecule has 1 N–H and O–H groups in total. The predicted octanol–water partition coefficient (Wildman–Crippen LogP) is 2.88. The zero-order valence-electron chi connectivity index (χ0n) is 16.3. The van der Waals surface area contributed by atoms with E-state index in [4.69, 9.17) is 9.47 Å². The SMILES string of the molecule is COCCOC(=O)C1=C(C)NC2=C(C(=O)CC(C)(C)C2)[C@H]1c1ccccn1. The van der Waals surface area contributed by atoms with Gasteiger partial charge in [-0.3, -0.25) is 9.78 Å². The lowest BCUT2D eigenvalue weighted by Crippen LogP contribution is -2.39. The van der Waals surface area contributed by atoms with Crippen LogP contribution in [0.5, 0.6) is 0 Å². The Labute approximate surface area is 159 Å². The van der Waals surface area contributed by atoms with Gasteiger partial charge in [0.25, 0.3) is 0 Å². The summed E-state index contributed by atoms with van der Waals surface area (Å²) >= 11 is 0. The topological polar surface area (TPSA) is 77.5 Å². The van der Waals surface area contributed by atoms with Crippen molar-refractivity contribution in [3.8, 4) is 0 Å². The number of nitrogens with one attached hydrogen (secondary N) is 1. The van der Waals surface area contributed by atoms with Crippen molar-refractivity contribution in [1.29, 1.82) is 0 Å². The van der Waals surface area contributed by atoms with Crippen LogP contribution in [0.25, 0.3) is 0 Å². The average molecular weight is 370 g/mol. The fourth-order valence-corrected chi connectivity index (χ4v) is 3.84. The van der Waals surface area contributed by atoms with Crippen LogP contribution in [0.15, 0.2) is 46.9 Å². The third kappa shape index (κ3) is 3.95. The van der Waals surface area contributed by atoms with Crippen molar-refractivity contribution in [2.75, 3.05) is 20.3 Å². The molecule has 0 fully saturated rings. The number of ketones is 1. The molecule has 144 valence electrons. The molecular formula is C21H26N2O4. The van der Waals surface area contributed by atoms with Crippen LogP contribution >= 0.6 is 0 Å². The first-order valence-corrected chi connectivity index (χ1v) is 9.15. The predicted molar refractivity (Wildman–Crippen MR) is 101 cm³/mol. The second-order valence-electron chi connectivity index (χ2n) is 7.81. The molecule has 0 radical (unpaired) electrons. The molecule has 1 aromatic rings. The number of dihydropyridines is 1. The molecule has 27 heavy (non-hydrogen) atoms. The van der Waals surface area contributed by atoms with Crippen LogP contribution in [-0.2, 0) is 19.1 Å². The van der Waals surface area contributed by atoms with Gasteiger partial charge in [0, 0.05) is 36.7 Å². The smallest absolute Gasteiger partial charge is 0.336 e. The fourth-order valence-electron chi connectivity index (χ4n) is 3.84. The summed E-state index contributed by atoms with van der Waals surface area (Å²) in [6.07, 6.45) is 2.88. The van der Waals surface area contributed by atoms with E-state index in [1.54, 1.807) is 13.3 Å². The molecule has 1 aromatic heterocycles. The van der Waals surface area contributed by atoms with Gasteiger partial charge in [-0.05, 0) is 30.9 Å². The summed E-state index contributed by atoms with van der Waals surface area (Å²) in [6, 6.07) is 5.53. The minimum atomic E-state index is -0.513. The molecule has 1 atom stereocenters. The largest absolute Gasteiger partial charge is 0.460 e. The lowest BCUT2D eigenvalue weighted by Gasteiger charge is -2.39. The molecule has 6 nitrogen and oxygen atoms in total. The lowest BCUT2D eigenvalue weighted by molar-refractivity contribution is -0.140. The Balaban J connectivity index is 2.06. The van der Waals surface area contributed by atoms with Crippen LogP contribution < -0.4 is 5.32 Å². The molecule has 0 amide bonds. The molecule has 1 aliphatic carbocycles. The molecule has 0 aromatic carbocycles. The number of aromatic nitrogens is 1. The molecule has 1 aliphatic heterocycles. The molecule has 3 rings (SSSR count). The van der Waals surface area contributed by atoms with Gasteiger partial charge in [0.2, 0.25) is 0 Å². The van der Waals surface area contributed by atoms with Crippen LogP contribution in [0.4, 0.5) is 0 Å². The summed E-state index contributed by atoms with van der Waals surface area (Å²) in [6.45, 7) is 6.49. The van der Waals surface area contributed by atoms with E-state index in [9.17, 15) is 9.59 Å². The summed E-state index contributed by atoms with van der Waals surface area (Å²) in [5.74, 6) is -0.905. The highest BCUT2D eigenvalue weighted by molar-refractivity contribution is 6.04. The molecule has 6 heteroatoms. The Bertz CT molecular complexity index is 809. The van der Waals surface area contributed by atoms with Crippen molar-refractivity contribution >= 4 is 11.8 Å². The maximum absolute atomic E-state index is 13.0. The number of rotatable bonds is 5. The first kappa shape index (κ1) is 19.3. The Kier molecular flexibility index (Phi) is 5.46. The molecule has 0 saturated heterocycles. The Morgan fingerprint density at radius 1 is 1.30 bits per heavy atom. The molecule has 2 heterocycles. The van der Waals surface area contributed by atoms with Crippen molar-refractivity contribution in [3.63, 3.8) is 0 Å². The minimum Gasteiger partial charge on any atom is -0.460 e. The van der Waals surface area contributed by atoms with Gasteiger partial charge in [-0.15, -0.1) is 0 Å². The minimum absolute atomic E-state index is 0.0547. The third-order valence-corrected chi connectivity index (χ3v) is 4.96. The van der Waals surface area contributed by atoms with E-state index in [0.717, 1.165) is 12.1 Å². The van der Waals surface area contributed by atoms with Crippen LogP contribution in [-0.4, -0.2) is 37.1 Å². The Morgan fingerprint density at radius 3 is 2.74 bits per heavy atom. The highest BCUT2D eigenvalue weighted by Crippen LogP contribution is 2.46. The van der Waals surface area contributed by atoms with E-state index in [1.807, 2.05) is 25.1 Å². The van der Waals surface area contributed by atoms with Gasteiger partial charge in [-0.25, -0.2) is 4.79 Å². The highest BCUT2D eigenvalue weighted by atomic mass is 16.6. The molecular weight excluding hydrogens is 344 g/mol. The third-order valence-electron chi connectivity index (χ3n) is 4.96. The van der Waals surface area contributed by atoms with Gasteiger partial charge < -0.3 is 14.8 Å². The van der Waals surface area contributed by atoms with Crippen LogP contribution in [0.3, 0.4) is 0 Å². The van der Waals surface area contributed by atoms with Crippen molar-refractivity contribution < 1.29 is 19.1 Å². The summed E-state index contributed by atoms with van der Waals surface area (Å²) in [7, 11) is 1.55. The molecule has 0 unspecified atom stereocenters. The summed E-state index contributed by atoms with van der Waals surface area (Å²) in [4.78, 5) is 30.3. The number of Topliss-reactive ketones (excluding diaryl/α,β-unsaturated/α-hetero) is 1. The first-order valence-electron chi connectivity index (χ1n) is 9.15. The van der Waals surface area contributed by atoms with Crippen molar-refractivity contribution in [2.24, 2.45) is 5.41 Å². The van der Waals surface area contributed by atoms with Crippen LogP contribution in [0, 0.1) is 5.41 Å². The van der Waals surface area contributed by atoms with Crippen molar-refractivity contribution in [1.82, 2.24) is 10.3 Å². The number of hydrogen-bond acceptors (Lipinski definition) is 6. The average Bonchev–Trinajstić information content (AvgIpc) is 2.60. The Morgan fingerprint density at radius 2 is 2.07 bits per heavy atom. The maximum atomic E-state index is 13.0. The van der Waals surface area contributed by atoms with Gasteiger partial charge in [-0.2, -0.15) is 0 Å². The molecule has 0 saturated carbocycles. The first-order chi connectivity index (χ1) is 12.8. The monoisotopic (exact) mass is 370 g/mol. The number of pyridine rings is 1. The number of hydrogen-bond donors (Lipinski definition) is 1. The quantitative estimate of drug-likeness (QED) is 0.634. The van der Waals surface area contributed by atoms with E-state index < -0.39 is 11.9 Å². The number of ether oxygens (including phenoxy) is 2. The summed E-state index contributed by atoms with van der Waals surface area (Å²) in [5.41, 5.74) is 3.23. The van der Waals surface area contributed by atoms with E-state index in [0.29, 0.717) is 35.6 Å². The summed E-state index contributed by atoms with van der Waals surface area (Å²) in [5, 5.41) is 3.30.